The zero-order valence-electron chi connectivity index (χ0n) is 6.90. The molecular weight excluding hydrogens is 150 g/mol. The third-order valence-electron chi connectivity index (χ3n) is 2.41. The van der Waals surface area contributed by atoms with Crippen LogP contribution >= 0.6 is 0 Å². The van der Waals surface area contributed by atoms with Gasteiger partial charge in [-0.3, -0.25) is 4.98 Å². The summed E-state index contributed by atoms with van der Waals surface area (Å²) in [6.07, 6.45) is 3.59. The van der Waals surface area contributed by atoms with Crippen LogP contribution < -0.4 is 11.1 Å². The van der Waals surface area contributed by atoms with Gasteiger partial charge in [-0.25, -0.2) is 0 Å². The number of hydrogen-bond donors (Lipinski definition) is 2. The summed E-state index contributed by atoms with van der Waals surface area (Å²) in [5, 5.41) is 3.22. The topological polar surface area (TPSA) is 50.9 Å². The Labute approximate surface area is 72.0 Å². The van der Waals surface area contributed by atoms with Gasteiger partial charge in [0.25, 0.3) is 0 Å². The molecule has 0 amide bonds. The van der Waals surface area contributed by atoms with Crippen molar-refractivity contribution in [2.75, 3.05) is 13.1 Å². The fourth-order valence-corrected chi connectivity index (χ4v) is 1.42. The van der Waals surface area contributed by atoms with E-state index < -0.39 is 0 Å². The summed E-state index contributed by atoms with van der Waals surface area (Å²) in [4.78, 5) is 3.96. The van der Waals surface area contributed by atoms with Crippen molar-refractivity contribution in [3.63, 3.8) is 0 Å². The van der Waals surface area contributed by atoms with Crippen LogP contribution in [0.1, 0.15) is 11.6 Å². The summed E-state index contributed by atoms with van der Waals surface area (Å²) in [6, 6.07) is 4.15. The lowest BCUT2D eigenvalue weighted by Crippen LogP contribution is -2.47. The normalized spacial score (nSPS) is 20.1. The largest absolute Gasteiger partial charge is 0.324 e. The van der Waals surface area contributed by atoms with Crippen molar-refractivity contribution >= 4 is 0 Å². The number of nitrogens with one attached hydrogen (secondary N) is 1. The molecule has 2 heterocycles. The molecule has 3 N–H and O–H groups in total. The van der Waals surface area contributed by atoms with Crippen LogP contribution in [0, 0.1) is 5.92 Å². The van der Waals surface area contributed by atoms with Gasteiger partial charge in [0.05, 0.1) is 0 Å². The highest BCUT2D eigenvalue weighted by molar-refractivity contribution is 5.16. The molecule has 0 bridgehead atoms. The smallest absolute Gasteiger partial charge is 0.0349 e. The minimum atomic E-state index is 0.175. The fourth-order valence-electron chi connectivity index (χ4n) is 1.42. The van der Waals surface area contributed by atoms with E-state index in [1.54, 1.807) is 12.4 Å². The lowest BCUT2D eigenvalue weighted by molar-refractivity contribution is 0.295. The Hall–Kier alpha value is -0.930. The fraction of sp³-hybridized carbons (Fsp3) is 0.444. The number of hydrogen-bond acceptors (Lipinski definition) is 3. The summed E-state index contributed by atoms with van der Waals surface area (Å²) in [5.74, 6) is 0.604. The lowest BCUT2D eigenvalue weighted by atomic mass is 9.90. The highest BCUT2D eigenvalue weighted by Gasteiger charge is 2.24. The van der Waals surface area contributed by atoms with Crippen LogP contribution in [0.2, 0.25) is 0 Å². The zero-order chi connectivity index (χ0) is 8.39. The highest BCUT2D eigenvalue weighted by atomic mass is 15.0. The Morgan fingerprint density at radius 3 is 2.58 bits per heavy atom. The molecule has 0 aliphatic carbocycles. The number of rotatable bonds is 2. The van der Waals surface area contributed by atoms with Crippen molar-refractivity contribution in [2.24, 2.45) is 11.7 Å². The molecule has 1 atom stereocenters. The standard InChI is InChI=1S/C9H13N3/c10-9(8-5-12-6-8)7-1-3-11-4-2-7/h1-4,8-9,12H,5-6,10H2. The van der Waals surface area contributed by atoms with Gasteiger partial charge in [-0.15, -0.1) is 0 Å². The van der Waals surface area contributed by atoms with Gasteiger partial charge in [-0.05, 0) is 17.7 Å². The predicted octanol–water partition coefficient (Wildman–Crippen LogP) is 0.301. The minimum absolute atomic E-state index is 0.175. The number of aromatic nitrogens is 1. The van der Waals surface area contributed by atoms with Crippen LogP contribution in [-0.4, -0.2) is 18.1 Å². The second-order valence-corrected chi connectivity index (χ2v) is 3.22. The number of nitrogens with zero attached hydrogens (tertiary/aromatic N) is 1. The molecule has 0 spiro atoms. The molecule has 2 rings (SSSR count). The van der Waals surface area contributed by atoms with E-state index in [4.69, 9.17) is 5.73 Å². The minimum Gasteiger partial charge on any atom is -0.324 e. The Balaban J connectivity index is 2.08. The van der Waals surface area contributed by atoms with Crippen LogP contribution in [0.5, 0.6) is 0 Å². The molecule has 0 radical (unpaired) electrons. The van der Waals surface area contributed by atoms with Crippen LogP contribution in [0.25, 0.3) is 0 Å². The molecule has 1 aliphatic rings. The maximum Gasteiger partial charge on any atom is 0.0349 e. The Kier molecular flexibility index (Phi) is 2.06. The average Bonchev–Trinajstić information content (AvgIpc) is 2.03. The number of pyridine rings is 1. The van der Waals surface area contributed by atoms with E-state index in [0.717, 1.165) is 13.1 Å². The molecule has 0 aromatic carbocycles. The quantitative estimate of drug-likeness (QED) is 0.659. The Bertz CT molecular complexity index is 243. The molecular formula is C9H13N3. The molecule has 1 aliphatic heterocycles. The molecule has 1 aromatic rings. The molecule has 1 fully saturated rings. The molecule has 64 valence electrons. The first-order valence-corrected chi connectivity index (χ1v) is 4.24. The van der Waals surface area contributed by atoms with Gasteiger partial charge >= 0.3 is 0 Å². The summed E-state index contributed by atoms with van der Waals surface area (Å²) >= 11 is 0. The highest BCUT2D eigenvalue weighted by Crippen LogP contribution is 2.21. The Morgan fingerprint density at radius 2 is 2.08 bits per heavy atom. The summed E-state index contributed by atoms with van der Waals surface area (Å²) in [6.45, 7) is 2.09. The van der Waals surface area contributed by atoms with E-state index >= 15 is 0 Å². The van der Waals surface area contributed by atoms with Crippen molar-refractivity contribution in [1.82, 2.24) is 10.3 Å². The predicted molar refractivity (Wildman–Crippen MR) is 47.5 cm³/mol. The third-order valence-corrected chi connectivity index (χ3v) is 2.41. The third kappa shape index (κ3) is 1.33. The van der Waals surface area contributed by atoms with E-state index in [0.29, 0.717) is 5.92 Å². The van der Waals surface area contributed by atoms with Crippen molar-refractivity contribution < 1.29 is 0 Å². The first-order chi connectivity index (χ1) is 5.88. The monoisotopic (exact) mass is 163 g/mol. The molecule has 1 unspecified atom stereocenters. The van der Waals surface area contributed by atoms with E-state index in [1.165, 1.54) is 5.56 Å². The van der Waals surface area contributed by atoms with Gasteiger partial charge in [0.1, 0.15) is 0 Å². The van der Waals surface area contributed by atoms with Crippen LogP contribution in [0.3, 0.4) is 0 Å². The van der Waals surface area contributed by atoms with Crippen molar-refractivity contribution in [1.29, 1.82) is 0 Å². The first-order valence-electron chi connectivity index (χ1n) is 4.24. The van der Waals surface area contributed by atoms with E-state index in [1.807, 2.05) is 12.1 Å². The van der Waals surface area contributed by atoms with Crippen LogP contribution in [0.15, 0.2) is 24.5 Å². The SMILES string of the molecule is NC(c1ccncc1)C1CNC1. The zero-order valence-corrected chi connectivity index (χ0v) is 6.90. The molecule has 1 saturated heterocycles. The molecule has 3 nitrogen and oxygen atoms in total. The van der Waals surface area contributed by atoms with Crippen molar-refractivity contribution in [2.45, 2.75) is 6.04 Å². The molecule has 0 saturated carbocycles. The summed E-state index contributed by atoms with van der Waals surface area (Å²) in [5.41, 5.74) is 7.22. The second kappa shape index (κ2) is 3.21. The first kappa shape index (κ1) is 7.71. The van der Waals surface area contributed by atoms with Crippen molar-refractivity contribution in [3.05, 3.63) is 30.1 Å². The summed E-state index contributed by atoms with van der Waals surface area (Å²) < 4.78 is 0. The van der Waals surface area contributed by atoms with Crippen molar-refractivity contribution in [3.8, 4) is 0 Å². The van der Waals surface area contributed by atoms with Gasteiger partial charge in [0, 0.05) is 37.4 Å². The van der Waals surface area contributed by atoms with Crippen LogP contribution in [0.4, 0.5) is 0 Å². The lowest BCUT2D eigenvalue weighted by Gasteiger charge is -2.32. The molecule has 12 heavy (non-hydrogen) atoms. The average molecular weight is 163 g/mol. The summed E-state index contributed by atoms with van der Waals surface area (Å²) in [7, 11) is 0. The Morgan fingerprint density at radius 1 is 1.42 bits per heavy atom. The van der Waals surface area contributed by atoms with Gasteiger partial charge in [-0.1, -0.05) is 0 Å². The van der Waals surface area contributed by atoms with E-state index in [2.05, 4.69) is 10.3 Å². The maximum atomic E-state index is 6.03. The second-order valence-electron chi connectivity index (χ2n) is 3.22. The number of nitrogens with two attached hydrogens (primary N) is 1. The van der Waals surface area contributed by atoms with Gasteiger partial charge in [-0.2, -0.15) is 0 Å². The maximum absolute atomic E-state index is 6.03. The molecule has 1 aromatic heterocycles. The van der Waals surface area contributed by atoms with Crippen LogP contribution in [-0.2, 0) is 0 Å². The van der Waals surface area contributed by atoms with Gasteiger partial charge in [0.2, 0.25) is 0 Å². The van der Waals surface area contributed by atoms with Gasteiger partial charge < -0.3 is 11.1 Å². The van der Waals surface area contributed by atoms with E-state index in [9.17, 15) is 0 Å². The van der Waals surface area contributed by atoms with E-state index in [-0.39, 0.29) is 6.04 Å². The van der Waals surface area contributed by atoms with Gasteiger partial charge in [0.15, 0.2) is 0 Å². The molecule has 3 heteroatoms.